The van der Waals surface area contributed by atoms with Crippen LogP contribution in [0.4, 0.5) is 5.69 Å². The van der Waals surface area contributed by atoms with Gasteiger partial charge in [0.2, 0.25) is 5.91 Å². The van der Waals surface area contributed by atoms with Crippen LogP contribution >= 0.6 is 11.6 Å². The van der Waals surface area contributed by atoms with Crippen molar-refractivity contribution in [3.05, 3.63) is 22.7 Å². The molecule has 2 heterocycles. The fraction of sp³-hybridized carbons (Fsp3) is 0.364. The number of nitrogens with one attached hydrogen (secondary N) is 1. The Balaban J connectivity index is 1.91. The van der Waals surface area contributed by atoms with Gasteiger partial charge >= 0.3 is 0 Å². The smallest absolute Gasteiger partial charge is 0.245 e. The van der Waals surface area contributed by atoms with Crippen molar-refractivity contribution in [1.82, 2.24) is 0 Å². The van der Waals surface area contributed by atoms with E-state index in [0.29, 0.717) is 35.2 Å². The predicted molar refractivity (Wildman–Crippen MR) is 62.2 cm³/mol. The second-order valence-corrected chi connectivity index (χ2v) is 4.52. The summed E-state index contributed by atoms with van der Waals surface area (Å²) in [6, 6.07) is 2.73. The molecule has 0 aliphatic carbocycles. The SMILES string of the molecule is NC1C(=O)Nc2cc(OC3COC3)c(Cl)cc21. The van der Waals surface area contributed by atoms with Gasteiger partial charge in [0.25, 0.3) is 0 Å². The summed E-state index contributed by atoms with van der Waals surface area (Å²) in [6.45, 7) is 1.14. The van der Waals surface area contributed by atoms with Crippen LogP contribution in [0.1, 0.15) is 11.6 Å². The molecule has 3 rings (SSSR count). The summed E-state index contributed by atoms with van der Waals surface area (Å²) < 4.78 is 10.6. The molecule has 0 bridgehead atoms. The van der Waals surface area contributed by atoms with Crippen molar-refractivity contribution in [2.75, 3.05) is 18.5 Å². The third kappa shape index (κ3) is 1.76. The number of rotatable bonds is 2. The monoisotopic (exact) mass is 254 g/mol. The average Bonchev–Trinajstić information content (AvgIpc) is 2.50. The van der Waals surface area contributed by atoms with E-state index in [9.17, 15) is 4.79 Å². The van der Waals surface area contributed by atoms with Gasteiger partial charge in [-0.05, 0) is 6.07 Å². The molecule has 1 aromatic carbocycles. The quantitative estimate of drug-likeness (QED) is 0.828. The largest absolute Gasteiger partial charge is 0.484 e. The van der Waals surface area contributed by atoms with Crippen LogP contribution in [-0.4, -0.2) is 25.2 Å². The minimum Gasteiger partial charge on any atom is -0.484 e. The van der Waals surface area contributed by atoms with Gasteiger partial charge < -0.3 is 20.5 Å². The maximum atomic E-state index is 11.4. The van der Waals surface area contributed by atoms with Gasteiger partial charge in [-0.1, -0.05) is 11.6 Å². The fourth-order valence-corrected chi connectivity index (χ4v) is 2.05. The number of fused-ring (bicyclic) bond motifs is 1. The van der Waals surface area contributed by atoms with Gasteiger partial charge in [-0.2, -0.15) is 0 Å². The van der Waals surface area contributed by atoms with Crippen LogP contribution in [0, 0.1) is 0 Å². The van der Waals surface area contributed by atoms with Gasteiger partial charge in [-0.25, -0.2) is 0 Å². The van der Waals surface area contributed by atoms with Crippen LogP contribution in [0.5, 0.6) is 5.75 Å². The second-order valence-electron chi connectivity index (χ2n) is 4.11. The zero-order chi connectivity index (χ0) is 12.0. The first-order valence-electron chi connectivity index (χ1n) is 5.29. The lowest BCUT2D eigenvalue weighted by Gasteiger charge is -2.27. The van der Waals surface area contributed by atoms with E-state index >= 15 is 0 Å². The van der Waals surface area contributed by atoms with Crippen LogP contribution in [0.15, 0.2) is 12.1 Å². The highest BCUT2D eigenvalue weighted by Crippen LogP contribution is 2.38. The molecule has 1 aromatic rings. The summed E-state index contributed by atoms with van der Waals surface area (Å²) in [5, 5.41) is 3.15. The van der Waals surface area contributed by atoms with Crippen LogP contribution in [0.2, 0.25) is 5.02 Å². The first kappa shape index (κ1) is 10.8. The maximum absolute atomic E-state index is 11.4. The molecule has 0 saturated carbocycles. The molecule has 90 valence electrons. The molecule has 3 N–H and O–H groups in total. The summed E-state index contributed by atoms with van der Waals surface area (Å²) in [5.41, 5.74) is 7.09. The lowest BCUT2D eigenvalue weighted by Crippen LogP contribution is -2.38. The summed E-state index contributed by atoms with van der Waals surface area (Å²) in [4.78, 5) is 11.4. The van der Waals surface area contributed by atoms with Crippen LogP contribution in [-0.2, 0) is 9.53 Å². The normalized spacial score (nSPS) is 22.9. The van der Waals surface area contributed by atoms with Gasteiger partial charge in [0, 0.05) is 17.3 Å². The summed E-state index contributed by atoms with van der Waals surface area (Å²) in [7, 11) is 0. The molecule has 1 amide bonds. The minimum absolute atomic E-state index is 0.0383. The van der Waals surface area contributed by atoms with E-state index in [2.05, 4.69) is 5.32 Å². The number of carbonyl (C=O) groups excluding carboxylic acids is 1. The Morgan fingerprint density at radius 3 is 2.88 bits per heavy atom. The first-order chi connectivity index (χ1) is 8.15. The molecule has 17 heavy (non-hydrogen) atoms. The van der Waals surface area contributed by atoms with Crippen LogP contribution < -0.4 is 15.8 Å². The molecule has 2 aliphatic rings. The van der Waals surface area contributed by atoms with Gasteiger partial charge in [-0.15, -0.1) is 0 Å². The first-order valence-corrected chi connectivity index (χ1v) is 5.67. The number of carbonyl (C=O) groups is 1. The number of ether oxygens (including phenoxy) is 2. The zero-order valence-corrected chi connectivity index (χ0v) is 9.66. The van der Waals surface area contributed by atoms with E-state index in [1.165, 1.54) is 0 Å². The van der Waals surface area contributed by atoms with Crippen molar-refractivity contribution >= 4 is 23.2 Å². The Bertz CT molecular complexity index is 488. The highest BCUT2D eigenvalue weighted by atomic mass is 35.5. The number of benzene rings is 1. The lowest BCUT2D eigenvalue weighted by atomic mass is 10.1. The molecule has 1 saturated heterocycles. The Hall–Kier alpha value is -1.30. The van der Waals surface area contributed by atoms with E-state index in [1.54, 1.807) is 12.1 Å². The molecule has 0 aromatic heterocycles. The Morgan fingerprint density at radius 2 is 2.24 bits per heavy atom. The minimum atomic E-state index is -0.649. The van der Waals surface area contributed by atoms with E-state index in [1.807, 2.05) is 0 Å². The van der Waals surface area contributed by atoms with Crippen molar-refractivity contribution < 1.29 is 14.3 Å². The number of nitrogens with two attached hydrogens (primary N) is 1. The molecule has 0 radical (unpaired) electrons. The highest BCUT2D eigenvalue weighted by Gasteiger charge is 2.29. The van der Waals surface area contributed by atoms with Gasteiger partial charge in [0.15, 0.2) is 0 Å². The van der Waals surface area contributed by atoms with Gasteiger partial charge in [-0.3, -0.25) is 4.79 Å². The highest BCUT2D eigenvalue weighted by molar-refractivity contribution is 6.32. The fourth-order valence-electron chi connectivity index (χ4n) is 1.84. The number of anilines is 1. The van der Waals surface area contributed by atoms with Crippen LogP contribution in [0.3, 0.4) is 0 Å². The Morgan fingerprint density at radius 1 is 1.47 bits per heavy atom. The standard InChI is InChI=1S/C11H11ClN2O3/c12-7-1-6-8(14-11(15)10(6)13)2-9(7)17-5-3-16-4-5/h1-2,5,10H,3-4,13H2,(H,14,15). The molecule has 1 atom stereocenters. The lowest BCUT2D eigenvalue weighted by molar-refractivity contribution is -0.116. The molecule has 5 nitrogen and oxygen atoms in total. The molecular weight excluding hydrogens is 244 g/mol. The van der Waals surface area contributed by atoms with E-state index in [-0.39, 0.29) is 12.0 Å². The second kappa shape index (κ2) is 3.87. The molecule has 0 spiro atoms. The van der Waals surface area contributed by atoms with Gasteiger partial charge in [0.1, 0.15) is 17.9 Å². The van der Waals surface area contributed by atoms with E-state index in [4.69, 9.17) is 26.8 Å². The van der Waals surface area contributed by atoms with Gasteiger partial charge in [0.05, 0.1) is 18.2 Å². The predicted octanol–water partition coefficient (Wildman–Crippen LogP) is 1.07. The summed E-state index contributed by atoms with van der Waals surface area (Å²) in [5.74, 6) is 0.327. The Kier molecular flexibility index (Phi) is 2.47. The summed E-state index contributed by atoms with van der Waals surface area (Å²) >= 11 is 6.09. The van der Waals surface area contributed by atoms with Crippen molar-refractivity contribution in [3.63, 3.8) is 0 Å². The average molecular weight is 255 g/mol. The molecule has 1 fully saturated rings. The topological polar surface area (TPSA) is 73.6 Å². The molecule has 1 unspecified atom stereocenters. The number of halogens is 1. The number of hydrogen-bond acceptors (Lipinski definition) is 4. The van der Waals surface area contributed by atoms with Crippen molar-refractivity contribution in [2.24, 2.45) is 5.73 Å². The van der Waals surface area contributed by atoms with E-state index in [0.717, 1.165) is 0 Å². The van der Waals surface area contributed by atoms with E-state index < -0.39 is 6.04 Å². The van der Waals surface area contributed by atoms with Crippen molar-refractivity contribution in [2.45, 2.75) is 12.1 Å². The Labute approximate surface area is 103 Å². The number of amides is 1. The molecular formula is C11H11ClN2O3. The molecule has 6 heteroatoms. The molecule has 2 aliphatic heterocycles. The third-order valence-electron chi connectivity index (χ3n) is 2.88. The van der Waals surface area contributed by atoms with Crippen LogP contribution in [0.25, 0.3) is 0 Å². The van der Waals surface area contributed by atoms with Crippen molar-refractivity contribution in [1.29, 1.82) is 0 Å². The third-order valence-corrected chi connectivity index (χ3v) is 3.18. The maximum Gasteiger partial charge on any atom is 0.245 e. The zero-order valence-electron chi connectivity index (χ0n) is 8.90. The van der Waals surface area contributed by atoms with Crippen molar-refractivity contribution in [3.8, 4) is 5.75 Å². The number of hydrogen-bond donors (Lipinski definition) is 2. The summed E-state index contributed by atoms with van der Waals surface area (Å²) in [6.07, 6.45) is 0.0383.